The van der Waals surface area contributed by atoms with E-state index in [0.717, 1.165) is 12.0 Å². The average molecular weight is 281 g/mol. The van der Waals surface area contributed by atoms with Crippen molar-refractivity contribution in [3.05, 3.63) is 34.9 Å². The van der Waals surface area contributed by atoms with Crippen LogP contribution >= 0.6 is 11.6 Å². The van der Waals surface area contributed by atoms with Crippen LogP contribution in [0.3, 0.4) is 0 Å². The minimum atomic E-state index is -0.316. The Labute approximate surface area is 117 Å². The second-order valence-electron chi connectivity index (χ2n) is 4.70. The maximum atomic E-state index is 12.1. The molecule has 0 aromatic heterocycles. The highest BCUT2D eigenvalue weighted by molar-refractivity contribution is 6.30. The number of hydrogen-bond donors (Lipinski definition) is 0. The Hall–Kier alpha value is -1.55. The Balaban J connectivity index is 2.30. The number of hydrogen-bond acceptors (Lipinski definition) is 2. The largest absolute Gasteiger partial charge is 0.320 e. The number of carbonyl (C=O) groups is 2. The van der Waals surface area contributed by atoms with Gasteiger partial charge in [-0.15, -0.1) is 0 Å². The van der Waals surface area contributed by atoms with Gasteiger partial charge >= 0.3 is 0 Å². The highest BCUT2D eigenvalue weighted by atomic mass is 35.5. The molecule has 0 bridgehead atoms. The molecule has 2 rings (SSSR count). The van der Waals surface area contributed by atoms with Crippen molar-refractivity contribution in [2.75, 3.05) is 13.6 Å². The summed E-state index contributed by atoms with van der Waals surface area (Å²) in [5, 5.41) is 0.641. The Morgan fingerprint density at radius 2 is 2.00 bits per heavy atom. The van der Waals surface area contributed by atoms with E-state index >= 15 is 0 Å². The predicted octanol–water partition coefficient (Wildman–Crippen LogP) is 2.44. The van der Waals surface area contributed by atoms with E-state index in [1.807, 2.05) is 19.1 Å². The van der Waals surface area contributed by atoms with Crippen molar-refractivity contribution in [1.29, 1.82) is 0 Å². The van der Waals surface area contributed by atoms with Gasteiger partial charge in [-0.2, -0.15) is 0 Å². The quantitative estimate of drug-likeness (QED) is 0.853. The van der Waals surface area contributed by atoms with Crippen LogP contribution in [0.25, 0.3) is 0 Å². The van der Waals surface area contributed by atoms with Gasteiger partial charge in [0, 0.05) is 18.5 Å². The Morgan fingerprint density at radius 1 is 1.37 bits per heavy atom. The molecule has 1 saturated heterocycles. The lowest BCUT2D eigenvalue weighted by atomic mass is 10.1. The summed E-state index contributed by atoms with van der Waals surface area (Å²) in [7, 11) is 1.72. The molecular weight excluding hydrogens is 264 g/mol. The van der Waals surface area contributed by atoms with E-state index in [2.05, 4.69) is 0 Å². The molecule has 1 aliphatic heterocycles. The van der Waals surface area contributed by atoms with E-state index in [9.17, 15) is 9.59 Å². The van der Waals surface area contributed by atoms with Crippen LogP contribution < -0.4 is 0 Å². The lowest BCUT2D eigenvalue weighted by Crippen LogP contribution is -2.33. The summed E-state index contributed by atoms with van der Waals surface area (Å²) in [6.45, 7) is 2.11. The van der Waals surface area contributed by atoms with Crippen LogP contribution in [0.1, 0.15) is 31.5 Å². The van der Waals surface area contributed by atoms with Crippen molar-refractivity contribution in [1.82, 2.24) is 9.80 Å². The van der Waals surface area contributed by atoms with Crippen LogP contribution in [0.2, 0.25) is 5.02 Å². The third kappa shape index (κ3) is 2.73. The third-order valence-corrected chi connectivity index (χ3v) is 3.57. The summed E-state index contributed by atoms with van der Waals surface area (Å²) < 4.78 is 0. The minimum absolute atomic E-state index is 0.0140. The Kier molecular flexibility index (Phi) is 4.10. The monoisotopic (exact) mass is 280 g/mol. The summed E-state index contributed by atoms with van der Waals surface area (Å²) >= 11 is 5.87. The maximum absolute atomic E-state index is 12.1. The number of nitrogens with zero attached hydrogens (tertiary/aromatic N) is 2. The van der Waals surface area contributed by atoms with Gasteiger partial charge in [0.25, 0.3) is 0 Å². The minimum Gasteiger partial charge on any atom is -0.320 e. The van der Waals surface area contributed by atoms with Gasteiger partial charge in [-0.25, -0.2) is 0 Å². The standard InChI is InChI=1S/C14H17ClN2O2/c1-3-4-12(18)17-9-13(19)16(2)14(17)10-5-7-11(15)8-6-10/h5-8,14H,3-4,9H2,1-2H3. The van der Waals surface area contributed by atoms with Crippen molar-refractivity contribution < 1.29 is 9.59 Å². The average Bonchev–Trinajstić information content (AvgIpc) is 2.68. The zero-order valence-electron chi connectivity index (χ0n) is 11.1. The zero-order chi connectivity index (χ0) is 14.0. The summed E-state index contributed by atoms with van der Waals surface area (Å²) in [5.41, 5.74) is 0.905. The summed E-state index contributed by atoms with van der Waals surface area (Å²) in [6.07, 6.45) is 0.926. The molecule has 1 heterocycles. The maximum Gasteiger partial charge on any atom is 0.243 e. The second-order valence-corrected chi connectivity index (χ2v) is 5.14. The van der Waals surface area contributed by atoms with Crippen LogP contribution in [0.15, 0.2) is 24.3 Å². The van der Waals surface area contributed by atoms with Gasteiger partial charge < -0.3 is 9.80 Å². The fourth-order valence-corrected chi connectivity index (χ4v) is 2.44. The highest BCUT2D eigenvalue weighted by Gasteiger charge is 2.38. The smallest absolute Gasteiger partial charge is 0.243 e. The van der Waals surface area contributed by atoms with Crippen molar-refractivity contribution in [3.8, 4) is 0 Å². The molecule has 5 heteroatoms. The molecule has 0 radical (unpaired) electrons. The van der Waals surface area contributed by atoms with E-state index in [-0.39, 0.29) is 24.5 Å². The van der Waals surface area contributed by atoms with Gasteiger partial charge in [-0.1, -0.05) is 30.7 Å². The normalized spacial score (nSPS) is 19.1. The SMILES string of the molecule is CCCC(=O)N1CC(=O)N(C)C1c1ccc(Cl)cc1. The Bertz CT molecular complexity index is 487. The zero-order valence-corrected chi connectivity index (χ0v) is 11.9. The molecule has 1 atom stereocenters. The molecule has 19 heavy (non-hydrogen) atoms. The molecule has 4 nitrogen and oxygen atoms in total. The van der Waals surface area contributed by atoms with Gasteiger partial charge in [-0.3, -0.25) is 9.59 Å². The predicted molar refractivity (Wildman–Crippen MR) is 73.6 cm³/mol. The first-order chi connectivity index (χ1) is 9.04. The number of benzene rings is 1. The number of carbonyl (C=O) groups excluding carboxylic acids is 2. The Morgan fingerprint density at radius 3 is 2.58 bits per heavy atom. The van der Waals surface area contributed by atoms with Gasteiger partial charge in [-0.05, 0) is 24.1 Å². The molecule has 1 unspecified atom stereocenters. The van der Waals surface area contributed by atoms with E-state index in [0.29, 0.717) is 11.4 Å². The molecule has 1 fully saturated rings. The van der Waals surface area contributed by atoms with E-state index in [1.165, 1.54) is 0 Å². The van der Waals surface area contributed by atoms with Crippen molar-refractivity contribution in [2.24, 2.45) is 0 Å². The summed E-state index contributed by atoms with van der Waals surface area (Å²) in [6, 6.07) is 7.26. The van der Waals surface area contributed by atoms with Crippen LogP contribution in [-0.2, 0) is 9.59 Å². The highest BCUT2D eigenvalue weighted by Crippen LogP contribution is 2.30. The topological polar surface area (TPSA) is 40.6 Å². The van der Waals surface area contributed by atoms with Gasteiger partial charge in [0.15, 0.2) is 0 Å². The fraction of sp³-hybridized carbons (Fsp3) is 0.429. The third-order valence-electron chi connectivity index (χ3n) is 3.31. The van der Waals surface area contributed by atoms with Crippen LogP contribution in [0, 0.1) is 0 Å². The first-order valence-corrected chi connectivity index (χ1v) is 6.73. The van der Waals surface area contributed by atoms with Crippen LogP contribution in [-0.4, -0.2) is 35.2 Å². The lowest BCUT2D eigenvalue weighted by Gasteiger charge is -2.28. The van der Waals surface area contributed by atoms with E-state index in [4.69, 9.17) is 11.6 Å². The number of amides is 2. The molecule has 0 spiro atoms. The molecule has 2 amide bonds. The van der Waals surface area contributed by atoms with Crippen molar-refractivity contribution in [2.45, 2.75) is 25.9 Å². The van der Waals surface area contributed by atoms with Crippen molar-refractivity contribution in [3.63, 3.8) is 0 Å². The van der Waals surface area contributed by atoms with E-state index < -0.39 is 0 Å². The van der Waals surface area contributed by atoms with Crippen LogP contribution in [0.5, 0.6) is 0 Å². The van der Waals surface area contributed by atoms with Crippen LogP contribution in [0.4, 0.5) is 0 Å². The van der Waals surface area contributed by atoms with Gasteiger partial charge in [0.05, 0.1) is 0 Å². The van der Waals surface area contributed by atoms with Gasteiger partial charge in [0.1, 0.15) is 12.7 Å². The molecule has 0 N–H and O–H groups in total. The molecule has 0 saturated carbocycles. The first-order valence-electron chi connectivity index (χ1n) is 6.35. The number of halogens is 1. The van der Waals surface area contributed by atoms with E-state index in [1.54, 1.807) is 29.0 Å². The first kappa shape index (κ1) is 13.9. The lowest BCUT2D eigenvalue weighted by molar-refractivity contribution is -0.133. The summed E-state index contributed by atoms with van der Waals surface area (Å²) in [4.78, 5) is 27.2. The fourth-order valence-electron chi connectivity index (χ4n) is 2.31. The molecule has 102 valence electrons. The molecule has 0 aliphatic carbocycles. The number of rotatable bonds is 3. The molecule has 1 aromatic carbocycles. The molecule has 1 aliphatic rings. The summed E-state index contributed by atoms with van der Waals surface area (Å²) in [5.74, 6) is -0.0236. The molecular formula is C14H17ClN2O2. The van der Waals surface area contributed by atoms with Gasteiger partial charge in [0.2, 0.25) is 11.8 Å². The number of likely N-dealkylation sites (N-methyl/N-ethyl adjacent to an activating group) is 1. The molecule has 1 aromatic rings. The second kappa shape index (κ2) is 5.61. The van der Waals surface area contributed by atoms with Crippen molar-refractivity contribution >= 4 is 23.4 Å².